The number of aryl methyl sites for hydroxylation is 1. The molecule has 1 amide bonds. The molecular formula is C24H28ClN3O4. The van der Waals surface area contributed by atoms with E-state index in [0.717, 1.165) is 12.0 Å². The third kappa shape index (κ3) is 4.88. The number of hydrogen-bond acceptors (Lipinski definition) is 5. The van der Waals surface area contributed by atoms with E-state index < -0.39 is 17.7 Å². The Kier molecular flexibility index (Phi) is 7.09. The normalized spacial score (nSPS) is 11.4. The number of hydrogen-bond donors (Lipinski definition) is 0. The quantitative estimate of drug-likeness (QED) is 0.435. The van der Waals surface area contributed by atoms with Crippen molar-refractivity contribution in [2.75, 3.05) is 12.0 Å². The molecule has 0 unspecified atom stereocenters. The summed E-state index contributed by atoms with van der Waals surface area (Å²) in [7, 11) is 1.31. The molecular weight excluding hydrogens is 430 g/mol. The fraction of sp³-hybridized carbons (Fsp3) is 0.375. The SMILES string of the molecule is CCCn1c(C(=O)OC)c(Cl)c2ccnc(N(Cc3ccccc3)C(=O)OC(C)(C)C)c21. The molecule has 170 valence electrons. The summed E-state index contributed by atoms with van der Waals surface area (Å²) in [5.41, 5.74) is 1.04. The maximum absolute atomic E-state index is 13.3. The van der Waals surface area contributed by atoms with Crippen molar-refractivity contribution in [1.82, 2.24) is 9.55 Å². The molecule has 0 atom stereocenters. The highest BCUT2D eigenvalue weighted by atomic mass is 35.5. The van der Waals surface area contributed by atoms with Gasteiger partial charge in [0.25, 0.3) is 0 Å². The maximum atomic E-state index is 13.3. The highest BCUT2D eigenvalue weighted by Gasteiger charge is 2.30. The molecule has 0 saturated carbocycles. The molecule has 1 aromatic carbocycles. The van der Waals surface area contributed by atoms with Crippen LogP contribution in [0.4, 0.5) is 10.6 Å². The monoisotopic (exact) mass is 457 g/mol. The fourth-order valence-corrected chi connectivity index (χ4v) is 3.83. The minimum Gasteiger partial charge on any atom is -0.464 e. The van der Waals surface area contributed by atoms with Crippen LogP contribution in [0.5, 0.6) is 0 Å². The van der Waals surface area contributed by atoms with Crippen molar-refractivity contribution in [1.29, 1.82) is 0 Å². The number of carbonyl (C=O) groups excluding carboxylic acids is 2. The van der Waals surface area contributed by atoms with Crippen molar-refractivity contribution in [2.45, 2.75) is 52.8 Å². The second kappa shape index (κ2) is 9.61. The van der Waals surface area contributed by atoms with Crippen LogP contribution in [0, 0.1) is 0 Å². The smallest absolute Gasteiger partial charge is 0.416 e. The topological polar surface area (TPSA) is 73.7 Å². The first-order valence-corrected chi connectivity index (χ1v) is 10.8. The van der Waals surface area contributed by atoms with E-state index in [0.29, 0.717) is 23.3 Å². The number of anilines is 1. The van der Waals surface area contributed by atoms with Gasteiger partial charge in [-0.25, -0.2) is 14.6 Å². The van der Waals surface area contributed by atoms with Crippen molar-refractivity contribution in [3.63, 3.8) is 0 Å². The predicted molar refractivity (Wildman–Crippen MR) is 125 cm³/mol. The number of esters is 1. The van der Waals surface area contributed by atoms with Crippen molar-refractivity contribution in [2.24, 2.45) is 0 Å². The zero-order valence-corrected chi connectivity index (χ0v) is 19.8. The number of nitrogens with zero attached hydrogens (tertiary/aromatic N) is 3. The molecule has 3 aromatic rings. The number of carbonyl (C=O) groups is 2. The number of rotatable bonds is 6. The van der Waals surface area contributed by atoms with Gasteiger partial charge >= 0.3 is 12.1 Å². The van der Waals surface area contributed by atoms with Crippen molar-refractivity contribution < 1.29 is 19.1 Å². The van der Waals surface area contributed by atoms with Gasteiger partial charge in [-0.1, -0.05) is 48.9 Å². The molecule has 0 aliphatic carbocycles. The lowest BCUT2D eigenvalue weighted by Crippen LogP contribution is -2.37. The molecule has 32 heavy (non-hydrogen) atoms. The van der Waals surface area contributed by atoms with E-state index in [1.165, 1.54) is 12.0 Å². The molecule has 0 N–H and O–H groups in total. The minimum atomic E-state index is -0.694. The lowest BCUT2D eigenvalue weighted by molar-refractivity contribution is 0.0573. The van der Waals surface area contributed by atoms with Crippen molar-refractivity contribution >= 4 is 40.4 Å². The number of pyridine rings is 1. The van der Waals surface area contributed by atoms with Gasteiger partial charge in [-0.15, -0.1) is 0 Å². The van der Waals surface area contributed by atoms with E-state index in [9.17, 15) is 9.59 Å². The van der Waals surface area contributed by atoms with E-state index in [-0.39, 0.29) is 17.3 Å². The number of halogens is 1. The van der Waals surface area contributed by atoms with Crippen LogP contribution >= 0.6 is 11.6 Å². The number of benzene rings is 1. The first-order valence-electron chi connectivity index (χ1n) is 10.5. The third-order valence-electron chi connectivity index (χ3n) is 4.77. The molecule has 3 rings (SSSR count). The first kappa shape index (κ1) is 23.6. The van der Waals surface area contributed by atoms with E-state index in [4.69, 9.17) is 21.1 Å². The Balaban J connectivity index is 2.25. The summed E-state index contributed by atoms with van der Waals surface area (Å²) in [6.07, 6.45) is 1.77. The predicted octanol–water partition coefficient (Wildman–Crippen LogP) is 5.83. The number of methoxy groups -OCH3 is 1. The van der Waals surface area contributed by atoms with Crippen molar-refractivity contribution in [3.8, 4) is 0 Å². The minimum absolute atomic E-state index is 0.240. The van der Waals surface area contributed by atoms with E-state index in [2.05, 4.69) is 4.98 Å². The van der Waals surface area contributed by atoms with Gasteiger partial charge in [0.05, 0.1) is 24.2 Å². The molecule has 0 aliphatic heterocycles. The average molecular weight is 458 g/mol. The average Bonchev–Trinajstić information content (AvgIpc) is 3.03. The maximum Gasteiger partial charge on any atom is 0.416 e. The van der Waals surface area contributed by atoms with Crippen LogP contribution in [0.25, 0.3) is 10.9 Å². The lowest BCUT2D eigenvalue weighted by Gasteiger charge is -2.27. The van der Waals surface area contributed by atoms with E-state index in [1.54, 1.807) is 16.8 Å². The second-order valence-corrected chi connectivity index (χ2v) is 8.77. The molecule has 0 radical (unpaired) electrons. The third-order valence-corrected chi connectivity index (χ3v) is 5.15. The van der Waals surface area contributed by atoms with Crippen molar-refractivity contribution in [3.05, 3.63) is 58.9 Å². The number of ether oxygens (including phenoxy) is 2. The fourth-order valence-electron chi connectivity index (χ4n) is 3.49. The molecule has 0 aliphatic rings. The summed E-state index contributed by atoms with van der Waals surface area (Å²) in [4.78, 5) is 31.8. The second-order valence-electron chi connectivity index (χ2n) is 8.39. The molecule has 0 bridgehead atoms. The van der Waals surface area contributed by atoms with E-state index >= 15 is 0 Å². The molecule has 2 aromatic heterocycles. The largest absolute Gasteiger partial charge is 0.464 e. The summed E-state index contributed by atoms with van der Waals surface area (Å²) in [5.74, 6) is -0.177. The van der Waals surface area contributed by atoms with Crippen LogP contribution in [-0.4, -0.2) is 34.3 Å². The number of amides is 1. The van der Waals surface area contributed by atoms with Crippen LogP contribution in [0.2, 0.25) is 5.02 Å². The summed E-state index contributed by atoms with van der Waals surface area (Å²) in [5, 5.41) is 0.889. The van der Waals surface area contributed by atoms with Gasteiger partial charge in [0.15, 0.2) is 5.82 Å². The summed E-state index contributed by atoms with van der Waals surface area (Å²) < 4.78 is 12.4. The Bertz CT molecular complexity index is 1120. The highest BCUT2D eigenvalue weighted by Crippen LogP contribution is 2.37. The van der Waals surface area contributed by atoms with E-state index in [1.807, 2.05) is 58.0 Å². The van der Waals surface area contributed by atoms with Gasteiger partial charge in [-0.2, -0.15) is 0 Å². The Morgan fingerprint density at radius 2 is 1.84 bits per heavy atom. The zero-order valence-electron chi connectivity index (χ0n) is 19.0. The Hall–Kier alpha value is -3.06. The summed E-state index contributed by atoms with van der Waals surface area (Å²) in [6, 6.07) is 11.3. The Morgan fingerprint density at radius 3 is 2.44 bits per heavy atom. The number of fused-ring (bicyclic) bond motifs is 1. The first-order chi connectivity index (χ1) is 15.2. The molecule has 0 spiro atoms. The molecule has 0 fully saturated rings. The number of aromatic nitrogens is 2. The Morgan fingerprint density at radius 1 is 1.16 bits per heavy atom. The lowest BCUT2D eigenvalue weighted by atomic mass is 10.2. The van der Waals surface area contributed by atoms with Gasteiger partial charge in [0.1, 0.15) is 11.3 Å². The molecule has 0 saturated heterocycles. The van der Waals surface area contributed by atoms with Gasteiger partial charge in [0, 0.05) is 18.1 Å². The van der Waals surface area contributed by atoms with Crippen LogP contribution in [0.3, 0.4) is 0 Å². The summed E-state index contributed by atoms with van der Waals surface area (Å²) >= 11 is 6.61. The van der Waals surface area contributed by atoms with Gasteiger partial charge in [-0.3, -0.25) is 4.90 Å². The highest BCUT2D eigenvalue weighted by molar-refractivity contribution is 6.39. The van der Waals surface area contributed by atoms with Gasteiger partial charge in [0.2, 0.25) is 0 Å². The Labute approximate surface area is 192 Å². The van der Waals surface area contributed by atoms with Crippen LogP contribution in [-0.2, 0) is 22.6 Å². The van der Waals surface area contributed by atoms with Crippen LogP contribution in [0.1, 0.15) is 50.2 Å². The zero-order chi connectivity index (χ0) is 23.5. The molecule has 7 nitrogen and oxygen atoms in total. The van der Waals surface area contributed by atoms with Crippen LogP contribution < -0.4 is 4.90 Å². The molecule has 2 heterocycles. The van der Waals surface area contributed by atoms with Gasteiger partial charge < -0.3 is 14.0 Å². The molecule has 8 heteroatoms. The van der Waals surface area contributed by atoms with Gasteiger partial charge in [-0.05, 0) is 38.8 Å². The van der Waals surface area contributed by atoms with Crippen LogP contribution in [0.15, 0.2) is 42.6 Å². The standard InChI is InChI=1S/C24H28ClN3O4/c1-6-14-27-19-17(18(25)20(27)22(29)31-5)12-13-26-21(19)28(23(30)32-24(2,3)4)15-16-10-8-7-9-11-16/h7-13H,6,14-15H2,1-5H3. The summed E-state index contributed by atoms with van der Waals surface area (Å²) in [6.45, 7) is 8.17.